The Balaban J connectivity index is 1.56. The first-order valence-electron chi connectivity index (χ1n) is 10.8. The Morgan fingerprint density at radius 3 is 2.72 bits per heavy atom. The number of aryl methyl sites for hydroxylation is 1. The van der Waals surface area contributed by atoms with Gasteiger partial charge in [-0.3, -0.25) is 15.3 Å². The minimum atomic E-state index is -0.286. The lowest BCUT2D eigenvalue weighted by atomic mass is 10.1. The molecule has 0 spiro atoms. The van der Waals surface area contributed by atoms with Crippen LogP contribution in [0, 0.1) is 0 Å². The fourth-order valence-electron chi connectivity index (χ4n) is 3.10. The lowest BCUT2D eigenvalue weighted by Crippen LogP contribution is -2.29. The molecule has 3 N–H and O–H groups in total. The number of carbonyl (C=O) groups excluding carboxylic acids is 1. The fraction of sp³-hybridized carbons (Fsp3) is 0.292. The summed E-state index contributed by atoms with van der Waals surface area (Å²) in [6.07, 6.45) is 8.17. The van der Waals surface area contributed by atoms with Crippen LogP contribution in [0.1, 0.15) is 31.0 Å². The van der Waals surface area contributed by atoms with Gasteiger partial charge in [0.2, 0.25) is 0 Å². The Labute approximate surface area is 188 Å². The van der Waals surface area contributed by atoms with E-state index >= 15 is 0 Å². The van der Waals surface area contributed by atoms with E-state index in [-0.39, 0.29) is 6.03 Å². The fourth-order valence-corrected chi connectivity index (χ4v) is 3.10. The first-order valence-corrected chi connectivity index (χ1v) is 10.8. The molecule has 8 nitrogen and oxygen atoms in total. The molecule has 0 saturated carbocycles. The van der Waals surface area contributed by atoms with Gasteiger partial charge >= 0.3 is 6.03 Å². The van der Waals surface area contributed by atoms with Gasteiger partial charge in [-0.1, -0.05) is 30.3 Å². The molecule has 0 saturated heterocycles. The van der Waals surface area contributed by atoms with Crippen molar-refractivity contribution in [2.75, 3.05) is 25.5 Å². The largest absolute Gasteiger partial charge is 0.391 e. The maximum Gasteiger partial charge on any atom is 0.320 e. The van der Waals surface area contributed by atoms with Crippen molar-refractivity contribution in [3.8, 4) is 0 Å². The number of amides is 2. The summed E-state index contributed by atoms with van der Waals surface area (Å²) in [5.74, 6) is 0.423. The Morgan fingerprint density at radius 2 is 1.94 bits per heavy atom. The van der Waals surface area contributed by atoms with Crippen molar-refractivity contribution in [2.24, 2.45) is 4.99 Å². The van der Waals surface area contributed by atoms with E-state index in [0.29, 0.717) is 29.2 Å². The number of hydrogen-bond donors (Lipinski definition) is 3. The number of nitrogens with one attached hydrogen (secondary N) is 3. The number of aliphatic imine (C=N–C) groups is 1. The summed E-state index contributed by atoms with van der Waals surface area (Å²) in [6.45, 7) is 3.40. The number of hydrogen-bond acceptors (Lipinski definition) is 6. The van der Waals surface area contributed by atoms with Gasteiger partial charge in [-0.2, -0.15) is 0 Å². The number of urea groups is 1. The van der Waals surface area contributed by atoms with Crippen LogP contribution in [0.4, 0.5) is 10.6 Å². The SMILES string of the molecule is CCN/C=C(\C=N/C)c1cnc2ccc(NC(=O)NCCCCc3ccccc3)nc2n1. The van der Waals surface area contributed by atoms with Gasteiger partial charge in [0.15, 0.2) is 5.65 Å². The van der Waals surface area contributed by atoms with Gasteiger partial charge in [0, 0.05) is 38.1 Å². The molecule has 2 amide bonds. The number of rotatable bonds is 10. The van der Waals surface area contributed by atoms with Crippen LogP contribution in [0.25, 0.3) is 16.7 Å². The van der Waals surface area contributed by atoms with Gasteiger partial charge in [0.05, 0.1) is 11.9 Å². The number of nitrogens with zero attached hydrogens (tertiary/aromatic N) is 4. The molecule has 0 aliphatic carbocycles. The van der Waals surface area contributed by atoms with Crippen molar-refractivity contribution in [2.45, 2.75) is 26.2 Å². The molecule has 0 radical (unpaired) electrons. The van der Waals surface area contributed by atoms with E-state index in [1.54, 1.807) is 31.6 Å². The summed E-state index contributed by atoms with van der Waals surface area (Å²) in [5, 5.41) is 8.79. The first kappa shape index (κ1) is 22.9. The summed E-state index contributed by atoms with van der Waals surface area (Å²) >= 11 is 0. The molecule has 32 heavy (non-hydrogen) atoms. The number of pyridine rings is 1. The second-order valence-corrected chi connectivity index (χ2v) is 7.16. The van der Waals surface area contributed by atoms with Gasteiger partial charge in [0.1, 0.15) is 11.3 Å². The van der Waals surface area contributed by atoms with Crippen molar-refractivity contribution in [1.82, 2.24) is 25.6 Å². The molecule has 0 unspecified atom stereocenters. The molecule has 0 fully saturated rings. The number of fused-ring (bicyclic) bond motifs is 1. The number of anilines is 1. The number of benzene rings is 1. The average molecular weight is 432 g/mol. The number of unbranched alkanes of at least 4 members (excludes halogenated alkanes) is 1. The number of carbonyl (C=O) groups is 1. The van der Waals surface area contributed by atoms with Crippen LogP contribution in [-0.2, 0) is 6.42 Å². The molecule has 0 aliphatic heterocycles. The van der Waals surface area contributed by atoms with Crippen LogP contribution in [0.15, 0.2) is 59.9 Å². The summed E-state index contributed by atoms with van der Waals surface area (Å²) in [4.78, 5) is 29.8. The predicted molar refractivity (Wildman–Crippen MR) is 130 cm³/mol. The molecular weight excluding hydrogens is 402 g/mol. The van der Waals surface area contributed by atoms with Crippen molar-refractivity contribution in [3.05, 3.63) is 66.1 Å². The van der Waals surface area contributed by atoms with Crippen LogP contribution in [0.5, 0.6) is 0 Å². The van der Waals surface area contributed by atoms with Gasteiger partial charge in [-0.25, -0.2) is 14.8 Å². The first-order chi connectivity index (χ1) is 15.7. The minimum Gasteiger partial charge on any atom is -0.391 e. The van der Waals surface area contributed by atoms with E-state index < -0.39 is 0 Å². The summed E-state index contributed by atoms with van der Waals surface area (Å²) < 4.78 is 0. The van der Waals surface area contributed by atoms with E-state index in [0.717, 1.165) is 31.4 Å². The zero-order chi connectivity index (χ0) is 22.6. The smallest absolute Gasteiger partial charge is 0.320 e. The third kappa shape index (κ3) is 6.87. The number of allylic oxidation sites excluding steroid dienone is 1. The summed E-state index contributed by atoms with van der Waals surface area (Å²) in [6, 6.07) is 13.6. The van der Waals surface area contributed by atoms with Crippen LogP contribution in [0.2, 0.25) is 0 Å². The Hall–Kier alpha value is -3.81. The molecular formula is C24H29N7O. The molecule has 0 atom stereocenters. The molecule has 0 aliphatic rings. The van der Waals surface area contributed by atoms with Crippen LogP contribution >= 0.6 is 0 Å². The lowest BCUT2D eigenvalue weighted by Gasteiger charge is -2.08. The number of aromatic nitrogens is 3. The van der Waals surface area contributed by atoms with Crippen molar-refractivity contribution in [3.63, 3.8) is 0 Å². The van der Waals surface area contributed by atoms with E-state index in [9.17, 15) is 4.79 Å². The molecule has 3 aromatic rings. The van der Waals surface area contributed by atoms with E-state index in [2.05, 4.69) is 48.0 Å². The zero-order valence-electron chi connectivity index (χ0n) is 18.5. The molecule has 166 valence electrons. The third-order valence-corrected chi connectivity index (χ3v) is 4.69. The molecule has 3 rings (SSSR count). The van der Waals surface area contributed by atoms with Crippen LogP contribution in [-0.4, -0.2) is 47.3 Å². The lowest BCUT2D eigenvalue weighted by molar-refractivity contribution is 0.252. The highest BCUT2D eigenvalue weighted by Gasteiger charge is 2.08. The van der Waals surface area contributed by atoms with Gasteiger partial charge in [0.25, 0.3) is 0 Å². The van der Waals surface area contributed by atoms with Crippen LogP contribution in [0.3, 0.4) is 0 Å². The van der Waals surface area contributed by atoms with Crippen molar-refractivity contribution in [1.29, 1.82) is 0 Å². The van der Waals surface area contributed by atoms with Gasteiger partial charge < -0.3 is 10.6 Å². The molecule has 2 heterocycles. The second kappa shape index (κ2) is 12.1. The van der Waals surface area contributed by atoms with Gasteiger partial charge in [-0.15, -0.1) is 0 Å². The second-order valence-electron chi connectivity index (χ2n) is 7.16. The Kier molecular flexibility index (Phi) is 8.68. The van der Waals surface area contributed by atoms with E-state index in [1.807, 2.05) is 31.3 Å². The zero-order valence-corrected chi connectivity index (χ0v) is 18.5. The predicted octanol–water partition coefficient (Wildman–Crippen LogP) is 3.82. The molecule has 2 aromatic heterocycles. The molecule has 0 bridgehead atoms. The van der Waals surface area contributed by atoms with Crippen molar-refractivity contribution >= 4 is 34.8 Å². The highest BCUT2D eigenvalue weighted by Crippen LogP contribution is 2.15. The summed E-state index contributed by atoms with van der Waals surface area (Å²) in [5.41, 5.74) is 3.87. The third-order valence-electron chi connectivity index (χ3n) is 4.69. The van der Waals surface area contributed by atoms with E-state index in [4.69, 9.17) is 0 Å². The van der Waals surface area contributed by atoms with Gasteiger partial charge in [-0.05, 0) is 43.9 Å². The Morgan fingerprint density at radius 1 is 1.09 bits per heavy atom. The highest BCUT2D eigenvalue weighted by molar-refractivity contribution is 6.09. The summed E-state index contributed by atoms with van der Waals surface area (Å²) in [7, 11) is 1.70. The quantitative estimate of drug-likeness (QED) is 0.334. The Bertz CT molecular complexity index is 1080. The van der Waals surface area contributed by atoms with E-state index in [1.165, 1.54) is 5.56 Å². The normalized spacial score (nSPS) is 11.6. The standard InChI is InChI=1S/C24H29N7O/c1-3-26-16-19(15-25-2)21-17-28-20-12-13-22(30-23(20)29-21)31-24(32)27-14-8-7-11-18-9-5-4-6-10-18/h4-6,9-10,12-13,15-17,26H,3,7-8,11,14H2,1-2H3,(H2,27,29,30,31,32)/b19-16+,25-15-. The maximum atomic E-state index is 12.2. The highest BCUT2D eigenvalue weighted by atomic mass is 16.2. The minimum absolute atomic E-state index is 0.286. The molecule has 1 aromatic carbocycles. The topological polar surface area (TPSA) is 104 Å². The monoisotopic (exact) mass is 431 g/mol. The maximum absolute atomic E-state index is 12.2. The average Bonchev–Trinajstić information content (AvgIpc) is 2.81. The molecule has 8 heteroatoms. The van der Waals surface area contributed by atoms with Crippen molar-refractivity contribution < 1.29 is 4.79 Å². The van der Waals surface area contributed by atoms with Crippen LogP contribution < -0.4 is 16.0 Å².